The predicted octanol–water partition coefficient (Wildman–Crippen LogP) is 2.08. The van der Waals surface area contributed by atoms with Gasteiger partial charge in [-0.15, -0.1) is 0 Å². The summed E-state index contributed by atoms with van der Waals surface area (Å²) in [4.78, 5) is 0. The molecule has 4 heteroatoms. The first-order valence-electron chi connectivity index (χ1n) is 4.11. The van der Waals surface area contributed by atoms with E-state index in [1.54, 1.807) is 6.07 Å². The molecule has 0 radical (unpaired) electrons. The van der Waals surface area contributed by atoms with E-state index >= 15 is 0 Å². The smallest absolute Gasteiger partial charge is 0.222 e. The highest BCUT2D eigenvalue weighted by molar-refractivity contribution is 5.54. The standard InChI is InChI=1S/C9H10N2O2/c1-2-6-3-4-8(12-6)7-5-9(10)13-11-7/h3-5H,2,10H2,1H3. The Bertz CT molecular complexity index is 403. The Morgan fingerprint density at radius 3 is 2.85 bits per heavy atom. The zero-order chi connectivity index (χ0) is 9.26. The molecule has 0 spiro atoms. The average molecular weight is 178 g/mol. The minimum atomic E-state index is 0.296. The van der Waals surface area contributed by atoms with Crippen LogP contribution >= 0.6 is 0 Å². The van der Waals surface area contributed by atoms with Crippen molar-refractivity contribution in [2.24, 2.45) is 0 Å². The van der Waals surface area contributed by atoms with Crippen molar-refractivity contribution in [3.63, 3.8) is 0 Å². The van der Waals surface area contributed by atoms with E-state index in [2.05, 4.69) is 5.16 Å². The summed E-state index contributed by atoms with van der Waals surface area (Å²) in [6, 6.07) is 5.41. The third-order valence-electron chi connectivity index (χ3n) is 1.79. The van der Waals surface area contributed by atoms with Crippen molar-refractivity contribution in [3.8, 4) is 11.5 Å². The van der Waals surface area contributed by atoms with E-state index in [4.69, 9.17) is 14.7 Å². The Labute approximate surface area is 75.3 Å². The second kappa shape index (κ2) is 2.97. The fourth-order valence-electron chi connectivity index (χ4n) is 1.11. The van der Waals surface area contributed by atoms with Crippen molar-refractivity contribution in [3.05, 3.63) is 24.0 Å². The Balaban J connectivity index is 2.35. The van der Waals surface area contributed by atoms with E-state index in [1.807, 2.05) is 19.1 Å². The molecule has 0 aliphatic carbocycles. The van der Waals surface area contributed by atoms with Gasteiger partial charge in [0.2, 0.25) is 5.88 Å². The van der Waals surface area contributed by atoms with Crippen LogP contribution in [0.4, 0.5) is 5.88 Å². The van der Waals surface area contributed by atoms with Gasteiger partial charge in [-0.25, -0.2) is 0 Å². The SMILES string of the molecule is CCc1ccc(-c2cc(N)on2)o1. The second-order valence-electron chi connectivity index (χ2n) is 2.73. The van der Waals surface area contributed by atoms with Crippen LogP contribution in [0.3, 0.4) is 0 Å². The largest absolute Gasteiger partial charge is 0.459 e. The molecule has 2 heterocycles. The molecule has 0 saturated carbocycles. The van der Waals surface area contributed by atoms with E-state index in [-0.39, 0.29) is 0 Å². The van der Waals surface area contributed by atoms with Crippen LogP contribution in [0.5, 0.6) is 0 Å². The zero-order valence-electron chi connectivity index (χ0n) is 7.28. The number of nitrogens with zero attached hydrogens (tertiary/aromatic N) is 1. The van der Waals surface area contributed by atoms with Crippen LogP contribution < -0.4 is 5.73 Å². The second-order valence-corrected chi connectivity index (χ2v) is 2.73. The van der Waals surface area contributed by atoms with Gasteiger partial charge in [0.1, 0.15) is 5.76 Å². The van der Waals surface area contributed by atoms with Gasteiger partial charge in [0.15, 0.2) is 11.5 Å². The Morgan fingerprint density at radius 2 is 2.31 bits per heavy atom. The number of aryl methyl sites for hydroxylation is 1. The van der Waals surface area contributed by atoms with Crippen LogP contribution in [0, 0.1) is 0 Å². The Hall–Kier alpha value is -1.71. The topological polar surface area (TPSA) is 65.2 Å². The van der Waals surface area contributed by atoms with Crippen LogP contribution in [0.2, 0.25) is 0 Å². The Kier molecular flexibility index (Phi) is 1.81. The number of nitrogens with two attached hydrogens (primary N) is 1. The molecule has 2 rings (SSSR count). The molecule has 0 aromatic carbocycles. The lowest BCUT2D eigenvalue weighted by Gasteiger charge is -1.87. The predicted molar refractivity (Wildman–Crippen MR) is 48.0 cm³/mol. The molecule has 0 unspecified atom stereocenters. The van der Waals surface area contributed by atoms with E-state index in [9.17, 15) is 0 Å². The number of nitrogen functional groups attached to an aromatic ring is 1. The number of hydrogen-bond donors (Lipinski definition) is 1. The molecule has 0 aliphatic rings. The van der Waals surface area contributed by atoms with Crippen LogP contribution in [0.25, 0.3) is 11.5 Å². The van der Waals surface area contributed by atoms with Gasteiger partial charge in [-0.3, -0.25) is 0 Å². The fraction of sp³-hybridized carbons (Fsp3) is 0.222. The summed E-state index contributed by atoms with van der Waals surface area (Å²) in [5.74, 6) is 1.92. The molecular formula is C9H10N2O2. The van der Waals surface area contributed by atoms with E-state index in [1.165, 1.54) is 0 Å². The van der Waals surface area contributed by atoms with Crippen LogP contribution in [0.15, 0.2) is 27.1 Å². The van der Waals surface area contributed by atoms with Crippen LogP contribution in [-0.2, 0) is 6.42 Å². The average Bonchev–Trinajstić information content (AvgIpc) is 2.71. The minimum Gasteiger partial charge on any atom is -0.459 e. The summed E-state index contributed by atoms with van der Waals surface area (Å²) in [5.41, 5.74) is 6.02. The third kappa shape index (κ3) is 1.42. The molecule has 0 bridgehead atoms. The van der Waals surface area contributed by atoms with Crippen molar-refractivity contribution < 1.29 is 8.94 Å². The summed E-state index contributed by atoms with van der Waals surface area (Å²) in [7, 11) is 0. The minimum absolute atomic E-state index is 0.296. The van der Waals surface area contributed by atoms with E-state index in [0.29, 0.717) is 17.3 Å². The quantitative estimate of drug-likeness (QED) is 0.764. The van der Waals surface area contributed by atoms with Crippen molar-refractivity contribution >= 4 is 5.88 Å². The normalized spacial score (nSPS) is 10.5. The lowest BCUT2D eigenvalue weighted by Crippen LogP contribution is -1.76. The van der Waals surface area contributed by atoms with Gasteiger partial charge in [-0.05, 0) is 12.1 Å². The first-order chi connectivity index (χ1) is 6.29. The molecule has 0 aliphatic heterocycles. The monoisotopic (exact) mass is 178 g/mol. The molecule has 2 aromatic rings. The summed E-state index contributed by atoms with van der Waals surface area (Å²) >= 11 is 0. The van der Waals surface area contributed by atoms with E-state index < -0.39 is 0 Å². The maximum absolute atomic E-state index is 5.45. The van der Waals surface area contributed by atoms with Gasteiger partial charge in [0.05, 0.1) is 0 Å². The lowest BCUT2D eigenvalue weighted by atomic mass is 10.3. The molecule has 0 atom stereocenters. The van der Waals surface area contributed by atoms with Gasteiger partial charge in [0, 0.05) is 12.5 Å². The van der Waals surface area contributed by atoms with Crippen molar-refractivity contribution in [2.45, 2.75) is 13.3 Å². The van der Waals surface area contributed by atoms with Gasteiger partial charge in [0.25, 0.3) is 0 Å². The van der Waals surface area contributed by atoms with Crippen molar-refractivity contribution in [1.82, 2.24) is 5.16 Å². The molecule has 0 amide bonds. The van der Waals surface area contributed by atoms with Gasteiger partial charge < -0.3 is 14.7 Å². The summed E-state index contributed by atoms with van der Waals surface area (Å²) in [5, 5.41) is 3.74. The van der Waals surface area contributed by atoms with Gasteiger partial charge >= 0.3 is 0 Å². The Morgan fingerprint density at radius 1 is 1.46 bits per heavy atom. The van der Waals surface area contributed by atoms with Crippen LogP contribution in [0.1, 0.15) is 12.7 Å². The maximum atomic E-state index is 5.45. The molecule has 0 fully saturated rings. The first kappa shape index (κ1) is 7.91. The third-order valence-corrected chi connectivity index (χ3v) is 1.79. The van der Waals surface area contributed by atoms with Gasteiger partial charge in [-0.2, -0.15) is 0 Å². The van der Waals surface area contributed by atoms with Crippen molar-refractivity contribution in [2.75, 3.05) is 5.73 Å². The molecular weight excluding hydrogens is 168 g/mol. The highest BCUT2D eigenvalue weighted by atomic mass is 16.5. The highest BCUT2D eigenvalue weighted by Gasteiger charge is 2.08. The van der Waals surface area contributed by atoms with Crippen LogP contribution in [-0.4, -0.2) is 5.16 Å². The number of aromatic nitrogens is 1. The summed E-state index contributed by atoms with van der Waals surface area (Å²) < 4.78 is 10.2. The maximum Gasteiger partial charge on any atom is 0.222 e. The molecule has 13 heavy (non-hydrogen) atoms. The van der Waals surface area contributed by atoms with Crippen molar-refractivity contribution in [1.29, 1.82) is 0 Å². The number of furan rings is 1. The zero-order valence-corrected chi connectivity index (χ0v) is 7.28. The number of rotatable bonds is 2. The summed E-state index contributed by atoms with van der Waals surface area (Å²) in [6.45, 7) is 2.03. The molecule has 2 N–H and O–H groups in total. The summed E-state index contributed by atoms with van der Waals surface area (Å²) in [6.07, 6.45) is 0.868. The molecule has 68 valence electrons. The first-order valence-corrected chi connectivity index (χ1v) is 4.11. The molecule has 0 saturated heterocycles. The highest BCUT2D eigenvalue weighted by Crippen LogP contribution is 2.22. The lowest BCUT2D eigenvalue weighted by molar-refractivity contribution is 0.434. The van der Waals surface area contributed by atoms with E-state index in [0.717, 1.165) is 12.2 Å². The van der Waals surface area contributed by atoms with Gasteiger partial charge in [-0.1, -0.05) is 12.1 Å². The molecule has 4 nitrogen and oxygen atoms in total. The fourth-order valence-corrected chi connectivity index (χ4v) is 1.11. The molecule has 2 aromatic heterocycles. The number of anilines is 1. The number of hydrogen-bond acceptors (Lipinski definition) is 4.